The Balaban J connectivity index is 1.94. The predicted octanol–water partition coefficient (Wildman–Crippen LogP) is 1.78. The van der Waals surface area contributed by atoms with E-state index in [4.69, 9.17) is 5.73 Å². The fourth-order valence-corrected chi connectivity index (χ4v) is 2.36. The van der Waals surface area contributed by atoms with Gasteiger partial charge in [-0.15, -0.1) is 0 Å². The highest BCUT2D eigenvalue weighted by molar-refractivity contribution is 5.94. The average Bonchev–Trinajstić information content (AvgIpc) is 2.45. The topological polar surface area (TPSA) is 71.2 Å². The van der Waals surface area contributed by atoms with Gasteiger partial charge < -0.3 is 16.0 Å². The Kier molecular flexibility index (Phi) is 4.83. The molecule has 0 saturated carbocycles. The number of rotatable bonds is 4. The fourth-order valence-electron chi connectivity index (χ4n) is 2.36. The predicted molar refractivity (Wildman–Crippen MR) is 85.4 cm³/mol. The van der Waals surface area contributed by atoms with Crippen LogP contribution in [0.25, 0.3) is 0 Å². The maximum atomic E-state index is 12.0. The monoisotopic (exact) mass is 290 g/mol. The summed E-state index contributed by atoms with van der Waals surface area (Å²) in [6.45, 7) is 8.58. The lowest BCUT2D eigenvalue weighted by molar-refractivity contribution is 0.0945. The van der Waals surface area contributed by atoms with Crippen molar-refractivity contribution in [3.63, 3.8) is 0 Å². The molecule has 0 spiro atoms. The molecule has 1 aliphatic heterocycles. The van der Waals surface area contributed by atoms with Gasteiger partial charge in [0, 0.05) is 31.4 Å². The third-order valence-corrected chi connectivity index (χ3v) is 3.82. The van der Waals surface area contributed by atoms with Gasteiger partial charge in [-0.1, -0.05) is 6.92 Å². The second kappa shape index (κ2) is 6.43. The van der Waals surface area contributed by atoms with E-state index in [1.807, 2.05) is 26.0 Å². The Morgan fingerprint density at radius 2 is 2.10 bits per heavy atom. The average molecular weight is 290 g/mol. The molecule has 2 heterocycles. The van der Waals surface area contributed by atoms with E-state index in [2.05, 4.69) is 22.1 Å². The summed E-state index contributed by atoms with van der Waals surface area (Å²) >= 11 is 0. The summed E-state index contributed by atoms with van der Waals surface area (Å²) in [4.78, 5) is 18.7. The molecule has 21 heavy (non-hydrogen) atoms. The van der Waals surface area contributed by atoms with Gasteiger partial charge in [0.2, 0.25) is 0 Å². The number of amides is 1. The highest BCUT2D eigenvalue weighted by Gasteiger charge is 2.18. The molecule has 1 aromatic rings. The number of hydrogen-bond acceptors (Lipinski definition) is 4. The van der Waals surface area contributed by atoms with Gasteiger partial charge >= 0.3 is 0 Å². The number of nitrogens with two attached hydrogens (primary N) is 1. The second-order valence-electron chi connectivity index (χ2n) is 6.75. The molecule has 0 aliphatic carbocycles. The van der Waals surface area contributed by atoms with Crippen LogP contribution >= 0.6 is 0 Å². The van der Waals surface area contributed by atoms with Crippen molar-refractivity contribution in [2.75, 3.05) is 24.5 Å². The van der Waals surface area contributed by atoms with Gasteiger partial charge in [0.05, 0.1) is 5.56 Å². The summed E-state index contributed by atoms with van der Waals surface area (Å²) in [5.74, 6) is 1.63. The summed E-state index contributed by atoms with van der Waals surface area (Å²) in [6, 6.07) is 3.76. The summed E-state index contributed by atoms with van der Waals surface area (Å²) in [7, 11) is 0. The first-order valence-electron chi connectivity index (χ1n) is 7.63. The smallest absolute Gasteiger partial charge is 0.252 e. The lowest BCUT2D eigenvalue weighted by Gasteiger charge is -2.31. The van der Waals surface area contributed by atoms with E-state index in [1.165, 1.54) is 12.8 Å². The van der Waals surface area contributed by atoms with Crippen molar-refractivity contribution in [3.8, 4) is 0 Å². The normalized spacial score (nSPS) is 16.9. The number of carbonyl (C=O) groups is 1. The van der Waals surface area contributed by atoms with E-state index in [0.717, 1.165) is 24.8 Å². The van der Waals surface area contributed by atoms with Crippen LogP contribution in [-0.4, -0.2) is 36.1 Å². The number of aromatic nitrogens is 1. The van der Waals surface area contributed by atoms with Gasteiger partial charge in [-0.2, -0.15) is 0 Å². The zero-order valence-corrected chi connectivity index (χ0v) is 13.2. The van der Waals surface area contributed by atoms with Crippen molar-refractivity contribution in [1.29, 1.82) is 0 Å². The molecule has 1 amide bonds. The number of anilines is 1. The number of nitrogens with one attached hydrogen (secondary N) is 1. The fraction of sp³-hybridized carbons (Fsp3) is 0.625. The first kappa shape index (κ1) is 15.8. The molecule has 0 radical (unpaired) electrons. The molecule has 1 saturated heterocycles. The van der Waals surface area contributed by atoms with E-state index in [0.29, 0.717) is 12.1 Å². The van der Waals surface area contributed by atoms with Crippen molar-refractivity contribution in [1.82, 2.24) is 10.3 Å². The minimum atomic E-state index is -0.409. The van der Waals surface area contributed by atoms with Crippen LogP contribution in [0.1, 0.15) is 44.0 Å². The Morgan fingerprint density at radius 3 is 2.62 bits per heavy atom. The van der Waals surface area contributed by atoms with Crippen LogP contribution in [0, 0.1) is 5.92 Å². The van der Waals surface area contributed by atoms with Gasteiger partial charge in [-0.3, -0.25) is 4.79 Å². The number of pyridine rings is 1. The molecule has 116 valence electrons. The number of piperidine rings is 1. The number of hydrogen-bond donors (Lipinski definition) is 2. The van der Waals surface area contributed by atoms with Gasteiger partial charge in [0.25, 0.3) is 5.91 Å². The van der Waals surface area contributed by atoms with Crippen molar-refractivity contribution >= 4 is 11.7 Å². The van der Waals surface area contributed by atoms with Gasteiger partial charge in [0.1, 0.15) is 5.82 Å². The highest BCUT2D eigenvalue weighted by atomic mass is 16.1. The van der Waals surface area contributed by atoms with Gasteiger partial charge in [-0.25, -0.2) is 4.98 Å². The van der Waals surface area contributed by atoms with Crippen molar-refractivity contribution in [3.05, 3.63) is 23.9 Å². The van der Waals surface area contributed by atoms with Crippen LogP contribution in [0.15, 0.2) is 18.3 Å². The zero-order valence-electron chi connectivity index (χ0n) is 13.2. The molecular formula is C16H26N4O. The van der Waals surface area contributed by atoms with E-state index < -0.39 is 5.54 Å². The SMILES string of the molecule is CC1CCN(c2ccc(C(=O)NCC(C)(C)N)cn2)CC1. The first-order chi connectivity index (χ1) is 9.85. The van der Waals surface area contributed by atoms with E-state index in [1.54, 1.807) is 6.20 Å². The maximum Gasteiger partial charge on any atom is 0.252 e. The molecule has 3 N–H and O–H groups in total. The van der Waals surface area contributed by atoms with E-state index >= 15 is 0 Å². The Hall–Kier alpha value is -1.62. The third-order valence-electron chi connectivity index (χ3n) is 3.82. The molecule has 0 atom stereocenters. The zero-order chi connectivity index (χ0) is 15.5. The molecule has 0 unspecified atom stereocenters. The summed E-state index contributed by atoms with van der Waals surface area (Å²) in [5, 5.41) is 2.83. The minimum absolute atomic E-state index is 0.125. The Labute approximate surface area is 126 Å². The molecular weight excluding hydrogens is 264 g/mol. The Bertz CT molecular complexity index is 470. The molecule has 1 fully saturated rings. The van der Waals surface area contributed by atoms with E-state index in [9.17, 15) is 4.79 Å². The molecule has 5 nitrogen and oxygen atoms in total. The quantitative estimate of drug-likeness (QED) is 0.887. The Morgan fingerprint density at radius 1 is 1.43 bits per heavy atom. The lowest BCUT2D eigenvalue weighted by Crippen LogP contribution is -2.45. The van der Waals surface area contributed by atoms with Crippen LogP contribution in [0.2, 0.25) is 0 Å². The van der Waals surface area contributed by atoms with Crippen molar-refractivity contribution in [2.24, 2.45) is 11.7 Å². The summed E-state index contributed by atoms with van der Waals surface area (Å²) < 4.78 is 0. The van der Waals surface area contributed by atoms with Crippen LogP contribution in [0.4, 0.5) is 5.82 Å². The minimum Gasteiger partial charge on any atom is -0.357 e. The molecule has 2 rings (SSSR count). The van der Waals surface area contributed by atoms with Crippen molar-refractivity contribution < 1.29 is 4.79 Å². The largest absolute Gasteiger partial charge is 0.357 e. The van der Waals surface area contributed by atoms with Crippen LogP contribution < -0.4 is 16.0 Å². The van der Waals surface area contributed by atoms with Crippen LogP contribution in [0.3, 0.4) is 0 Å². The van der Waals surface area contributed by atoms with Gasteiger partial charge in [0.15, 0.2) is 0 Å². The molecule has 1 aliphatic rings. The van der Waals surface area contributed by atoms with Crippen LogP contribution in [0.5, 0.6) is 0 Å². The first-order valence-corrected chi connectivity index (χ1v) is 7.63. The lowest BCUT2D eigenvalue weighted by atomic mass is 9.99. The molecule has 1 aromatic heterocycles. The van der Waals surface area contributed by atoms with Gasteiger partial charge in [-0.05, 0) is 44.7 Å². The molecule has 0 aromatic carbocycles. The second-order valence-corrected chi connectivity index (χ2v) is 6.75. The standard InChI is InChI=1S/C16H26N4O/c1-12-6-8-20(9-7-12)14-5-4-13(10-18-14)15(21)19-11-16(2,3)17/h4-5,10,12H,6-9,11,17H2,1-3H3,(H,19,21). The third kappa shape index (κ3) is 4.70. The molecule has 0 bridgehead atoms. The molecule has 5 heteroatoms. The maximum absolute atomic E-state index is 12.0. The number of carbonyl (C=O) groups excluding carboxylic acids is 1. The summed E-state index contributed by atoms with van der Waals surface area (Å²) in [6.07, 6.45) is 4.05. The van der Waals surface area contributed by atoms with E-state index in [-0.39, 0.29) is 5.91 Å². The highest BCUT2D eigenvalue weighted by Crippen LogP contribution is 2.21. The van der Waals surface area contributed by atoms with Crippen molar-refractivity contribution in [2.45, 2.75) is 39.2 Å². The summed E-state index contributed by atoms with van der Waals surface area (Å²) in [5.41, 5.74) is 6.03. The van der Waals surface area contributed by atoms with Crippen LogP contribution in [-0.2, 0) is 0 Å². The number of nitrogens with zero attached hydrogens (tertiary/aromatic N) is 2.